The average Bonchev–Trinajstić information content (AvgIpc) is 3.06. The number of carboxylic acid groups (broad SMARTS) is 1. The number of esters is 1. The van der Waals surface area contributed by atoms with Gasteiger partial charge in [0, 0.05) is 0 Å². The third kappa shape index (κ3) is 7.59. The maximum absolute atomic E-state index is 11.4. The molecule has 2 aromatic heterocycles. The number of benzene rings is 4. The Balaban J connectivity index is 0.000000171. The lowest BCUT2D eigenvalue weighted by molar-refractivity contribution is 0.0599. The number of hydrogen-bond acceptors (Lipinski definition) is 7. The van der Waals surface area contributed by atoms with E-state index in [2.05, 4.69) is 24.7 Å². The molecule has 0 aliphatic rings. The average molecular weight is 567 g/mol. The minimum absolute atomic E-state index is 0.276. The van der Waals surface area contributed by atoms with Gasteiger partial charge in [-0.15, -0.1) is 0 Å². The van der Waals surface area contributed by atoms with Gasteiger partial charge in [-0.1, -0.05) is 60.7 Å². The second-order valence-corrected chi connectivity index (χ2v) is 9.27. The van der Waals surface area contributed by atoms with Crippen LogP contribution in [0.25, 0.3) is 46.4 Å². The number of carbonyl (C=O) groups is 2. The number of para-hydroxylation sites is 4. The van der Waals surface area contributed by atoms with Gasteiger partial charge in [-0.25, -0.2) is 19.6 Å². The van der Waals surface area contributed by atoms with Crippen molar-refractivity contribution in [3.8, 4) is 0 Å². The molecule has 0 unspecified atom stereocenters. The number of rotatable bonds is 6. The van der Waals surface area contributed by atoms with Gasteiger partial charge in [0.25, 0.3) is 0 Å². The van der Waals surface area contributed by atoms with Gasteiger partial charge < -0.3 is 9.84 Å². The highest BCUT2D eigenvalue weighted by molar-refractivity contribution is 5.90. The molecule has 0 aliphatic carbocycles. The van der Waals surface area contributed by atoms with Crippen molar-refractivity contribution in [3.63, 3.8) is 0 Å². The van der Waals surface area contributed by atoms with Crippen LogP contribution in [0.1, 0.15) is 43.2 Å². The van der Waals surface area contributed by atoms with Crippen LogP contribution >= 0.6 is 0 Å². The second kappa shape index (κ2) is 13.6. The molecule has 0 saturated heterocycles. The van der Waals surface area contributed by atoms with Crippen molar-refractivity contribution in [2.24, 2.45) is 0 Å². The molecule has 0 amide bonds. The molecular weight excluding hydrogens is 540 g/mol. The number of carboxylic acids is 1. The number of methoxy groups -OCH3 is 1. The lowest BCUT2D eigenvalue weighted by atomic mass is 10.1. The van der Waals surface area contributed by atoms with E-state index in [1.165, 1.54) is 7.11 Å². The van der Waals surface area contributed by atoms with Crippen LogP contribution in [0.5, 0.6) is 0 Å². The van der Waals surface area contributed by atoms with Crippen LogP contribution in [0, 0.1) is 0 Å². The van der Waals surface area contributed by atoms with Crippen molar-refractivity contribution in [2.75, 3.05) is 7.11 Å². The third-order valence-corrected chi connectivity index (χ3v) is 6.32. The number of carbonyl (C=O) groups excluding carboxylic acids is 1. The minimum atomic E-state index is -0.925. The Morgan fingerprint density at radius 3 is 1.42 bits per heavy atom. The molecule has 8 heteroatoms. The highest BCUT2D eigenvalue weighted by atomic mass is 16.5. The predicted octanol–water partition coefficient (Wildman–Crippen LogP) is 7.09. The normalized spacial score (nSPS) is 11.0. The Bertz CT molecular complexity index is 1950. The molecule has 0 fully saturated rings. The molecule has 4 aromatic carbocycles. The summed E-state index contributed by atoms with van der Waals surface area (Å²) in [6.45, 7) is 0. The van der Waals surface area contributed by atoms with E-state index >= 15 is 0 Å². The van der Waals surface area contributed by atoms with E-state index in [9.17, 15) is 9.59 Å². The summed E-state index contributed by atoms with van der Waals surface area (Å²) < 4.78 is 4.67. The van der Waals surface area contributed by atoms with E-state index in [4.69, 9.17) is 5.11 Å². The first-order valence-corrected chi connectivity index (χ1v) is 13.3. The van der Waals surface area contributed by atoms with Crippen LogP contribution in [0.4, 0.5) is 0 Å². The highest BCUT2D eigenvalue weighted by Crippen LogP contribution is 2.14. The van der Waals surface area contributed by atoms with E-state index in [0.717, 1.165) is 44.6 Å². The number of hydrogen-bond donors (Lipinski definition) is 1. The molecule has 0 atom stereocenters. The number of fused-ring (bicyclic) bond motifs is 2. The summed E-state index contributed by atoms with van der Waals surface area (Å²) in [7, 11) is 1.37. The first-order chi connectivity index (χ1) is 21.0. The number of nitrogens with zero attached hydrogens (tertiary/aromatic N) is 4. The summed E-state index contributed by atoms with van der Waals surface area (Å²) >= 11 is 0. The summed E-state index contributed by atoms with van der Waals surface area (Å²) in [5.74, 6) is -1.26. The maximum Gasteiger partial charge on any atom is 0.337 e. The van der Waals surface area contributed by atoms with Crippen LogP contribution in [-0.2, 0) is 4.74 Å². The van der Waals surface area contributed by atoms with Crippen LogP contribution in [0.2, 0.25) is 0 Å². The van der Waals surface area contributed by atoms with E-state index in [-0.39, 0.29) is 11.5 Å². The first kappa shape index (κ1) is 28.5. The molecule has 6 aromatic rings. The fourth-order valence-corrected chi connectivity index (χ4v) is 4.05. The van der Waals surface area contributed by atoms with E-state index < -0.39 is 5.97 Å². The Hall–Kier alpha value is -6.02. The first-order valence-electron chi connectivity index (χ1n) is 13.3. The smallest absolute Gasteiger partial charge is 0.337 e. The monoisotopic (exact) mass is 566 g/mol. The quantitative estimate of drug-likeness (QED) is 0.213. The van der Waals surface area contributed by atoms with Crippen molar-refractivity contribution < 1.29 is 19.4 Å². The fraction of sp³-hybridized carbons (Fsp3) is 0.0286. The van der Waals surface area contributed by atoms with Gasteiger partial charge in [0.1, 0.15) is 0 Å². The second-order valence-electron chi connectivity index (χ2n) is 9.27. The summed E-state index contributed by atoms with van der Waals surface area (Å²) in [6, 6.07) is 29.3. The van der Waals surface area contributed by atoms with Crippen molar-refractivity contribution in [2.45, 2.75) is 0 Å². The van der Waals surface area contributed by atoms with Crippen LogP contribution in [0.3, 0.4) is 0 Å². The molecule has 210 valence electrons. The Morgan fingerprint density at radius 1 is 0.581 bits per heavy atom. The molecule has 0 radical (unpaired) electrons. The van der Waals surface area contributed by atoms with Crippen LogP contribution < -0.4 is 0 Å². The fourth-order valence-electron chi connectivity index (χ4n) is 4.05. The third-order valence-electron chi connectivity index (χ3n) is 6.32. The Morgan fingerprint density at radius 2 is 1.00 bits per heavy atom. The van der Waals surface area contributed by atoms with E-state index in [0.29, 0.717) is 5.56 Å². The minimum Gasteiger partial charge on any atom is -0.478 e. The molecule has 0 aliphatic heterocycles. The predicted molar refractivity (Wildman–Crippen MR) is 168 cm³/mol. The van der Waals surface area contributed by atoms with Gasteiger partial charge in [-0.05, 0) is 71.8 Å². The van der Waals surface area contributed by atoms with Gasteiger partial charge in [0.15, 0.2) is 0 Å². The number of aromatic carboxylic acids is 1. The van der Waals surface area contributed by atoms with Crippen molar-refractivity contribution >= 4 is 58.3 Å². The molecule has 43 heavy (non-hydrogen) atoms. The van der Waals surface area contributed by atoms with Gasteiger partial charge >= 0.3 is 11.9 Å². The van der Waals surface area contributed by atoms with Gasteiger partial charge in [0.05, 0.1) is 64.1 Å². The van der Waals surface area contributed by atoms with Crippen LogP contribution in [-0.4, -0.2) is 44.1 Å². The Kier molecular flexibility index (Phi) is 8.99. The molecule has 0 saturated carbocycles. The number of aromatic nitrogens is 4. The highest BCUT2D eigenvalue weighted by Gasteiger charge is 2.04. The molecule has 2 heterocycles. The molecule has 6 rings (SSSR count). The molecule has 0 spiro atoms. The Labute approximate surface area is 247 Å². The van der Waals surface area contributed by atoms with Crippen molar-refractivity contribution in [3.05, 3.63) is 143 Å². The van der Waals surface area contributed by atoms with Crippen LogP contribution in [0.15, 0.2) is 109 Å². The summed E-state index contributed by atoms with van der Waals surface area (Å²) in [6.07, 6.45) is 11.0. The van der Waals surface area contributed by atoms with Crippen molar-refractivity contribution in [1.29, 1.82) is 0 Å². The van der Waals surface area contributed by atoms with Gasteiger partial charge in [-0.2, -0.15) is 0 Å². The van der Waals surface area contributed by atoms with E-state index in [1.54, 1.807) is 48.8 Å². The summed E-state index contributed by atoms with van der Waals surface area (Å²) in [4.78, 5) is 39.9. The molecule has 0 bridgehead atoms. The van der Waals surface area contributed by atoms with E-state index in [1.807, 2.05) is 85.0 Å². The van der Waals surface area contributed by atoms with Gasteiger partial charge in [-0.3, -0.25) is 9.97 Å². The lowest BCUT2D eigenvalue weighted by Crippen LogP contribution is -2.00. The largest absolute Gasteiger partial charge is 0.478 e. The summed E-state index contributed by atoms with van der Waals surface area (Å²) in [5, 5.41) is 8.85. The lowest BCUT2D eigenvalue weighted by Gasteiger charge is -2.00. The zero-order valence-electron chi connectivity index (χ0n) is 23.2. The standard InChI is InChI=1S/C18H14N2O2.C17H12N2O2/c1-22-18(21)14-9-6-13(7-10-14)8-11-15-12-19-16-4-2-3-5-17(16)20-15;20-17(21)13-8-5-12(6-9-13)7-10-14-11-18-15-3-1-2-4-16(15)19-14/h2-12H,1H3;1-11H,(H,20,21)/b11-8+;10-7+. The molecule has 1 N–H and O–H groups in total. The molecule has 8 nitrogen and oxygen atoms in total. The molecular formula is C35H26N4O4. The zero-order valence-corrected chi connectivity index (χ0v) is 23.2. The number of ether oxygens (including phenoxy) is 1. The maximum atomic E-state index is 11.4. The zero-order chi connectivity index (χ0) is 30.0. The SMILES string of the molecule is COC(=O)c1ccc(/C=C/c2cnc3ccccc3n2)cc1.O=C(O)c1ccc(/C=C/c2cnc3ccccc3n2)cc1. The summed E-state index contributed by atoms with van der Waals surface area (Å²) in [5.41, 5.74) is 7.70. The topological polar surface area (TPSA) is 115 Å². The van der Waals surface area contributed by atoms with Gasteiger partial charge in [0.2, 0.25) is 0 Å². The van der Waals surface area contributed by atoms with Crippen molar-refractivity contribution in [1.82, 2.24) is 19.9 Å².